The van der Waals surface area contributed by atoms with Crippen LogP contribution >= 0.6 is 0 Å². The summed E-state index contributed by atoms with van der Waals surface area (Å²) in [5.41, 5.74) is 4.54. The number of hydrogen-bond donors (Lipinski definition) is 2. The summed E-state index contributed by atoms with van der Waals surface area (Å²) >= 11 is 0. The summed E-state index contributed by atoms with van der Waals surface area (Å²) < 4.78 is 11.0. The predicted molar refractivity (Wildman–Crippen MR) is 120 cm³/mol. The average Bonchev–Trinajstić information content (AvgIpc) is 2.85. The number of carbonyl (C=O) groups is 2. The number of nitrogens with one attached hydrogen (secondary N) is 2. The van der Waals surface area contributed by atoms with E-state index in [0.717, 1.165) is 10.9 Å². The highest BCUT2D eigenvalue weighted by Gasteiger charge is 2.13. The lowest BCUT2D eigenvalue weighted by Crippen LogP contribution is -2.30. The van der Waals surface area contributed by atoms with Crippen molar-refractivity contribution in [3.63, 3.8) is 0 Å². The first-order chi connectivity index (χ1) is 15.6. The van der Waals surface area contributed by atoms with E-state index >= 15 is 0 Å². The zero-order chi connectivity index (χ0) is 22.3. The molecule has 3 aromatic carbocycles. The monoisotopic (exact) mass is 427 g/mol. The summed E-state index contributed by atoms with van der Waals surface area (Å²) in [5.74, 6) is -0.269. The average molecular weight is 427 g/mol. The van der Waals surface area contributed by atoms with Gasteiger partial charge >= 0.3 is 0 Å². The topological polar surface area (TPSA) is 92.9 Å². The summed E-state index contributed by atoms with van der Waals surface area (Å²) in [6.45, 7) is 0.349. The number of fused-ring (bicyclic) bond motifs is 1. The Morgan fingerprint density at radius 3 is 2.50 bits per heavy atom. The summed E-state index contributed by atoms with van der Waals surface area (Å²) in [6.07, 6.45) is 0. The van der Waals surface area contributed by atoms with Crippen molar-refractivity contribution in [3.05, 3.63) is 107 Å². The van der Waals surface area contributed by atoms with Gasteiger partial charge in [0.1, 0.15) is 16.9 Å². The van der Waals surface area contributed by atoms with E-state index in [2.05, 4.69) is 15.8 Å². The normalized spacial score (nSPS) is 11.2. The Hall–Kier alpha value is -4.39. The highest BCUT2D eigenvalue weighted by molar-refractivity contribution is 5.97. The van der Waals surface area contributed by atoms with Gasteiger partial charge in [-0.15, -0.1) is 5.10 Å². The zero-order valence-electron chi connectivity index (χ0n) is 17.4. The molecular formula is C25H21N3O4. The van der Waals surface area contributed by atoms with Gasteiger partial charge in [-0.1, -0.05) is 54.6 Å². The van der Waals surface area contributed by atoms with Crippen LogP contribution in [0.5, 0.6) is 5.75 Å². The van der Waals surface area contributed by atoms with Crippen LogP contribution in [0, 0.1) is 0 Å². The summed E-state index contributed by atoms with van der Waals surface area (Å²) in [4.78, 5) is 25.5. The molecule has 0 aliphatic rings. The van der Waals surface area contributed by atoms with Crippen LogP contribution in [-0.4, -0.2) is 18.9 Å². The molecule has 0 unspecified atom stereocenters. The second kappa shape index (κ2) is 9.61. The summed E-state index contributed by atoms with van der Waals surface area (Å²) in [7, 11) is 1.52. The molecule has 0 saturated heterocycles. The van der Waals surface area contributed by atoms with Crippen LogP contribution < -0.4 is 21.0 Å². The van der Waals surface area contributed by atoms with Gasteiger partial charge in [0.2, 0.25) is 5.55 Å². The molecule has 0 spiro atoms. The third-order valence-corrected chi connectivity index (χ3v) is 4.79. The Balaban J connectivity index is 1.64. The minimum atomic E-state index is -0.456. The largest absolute Gasteiger partial charge is 0.497 e. The number of nitrogens with zero attached hydrogens (tertiary/aromatic N) is 1. The Morgan fingerprint density at radius 1 is 0.906 bits per heavy atom. The number of para-hydroxylation sites is 1. The molecule has 0 aliphatic heterocycles. The zero-order valence-corrected chi connectivity index (χ0v) is 17.4. The van der Waals surface area contributed by atoms with Crippen LogP contribution in [0.15, 0.2) is 94.4 Å². The standard InChI is InChI=1S/C25H21N3O4/c1-31-20-12-7-11-19(14-20)23(29)27-28-25-21(15-18-10-5-6-13-22(18)32-25)24(30)26-16-17-8-3-2-4-9-17/h2-15H,16H2,1H3,(H,26,30)(H,27,29)/b28-25+. The van der Waals surface area contributed by atoms with Crippen LogP contribution in [0.25, 0.3) is 11.0 Å². The van der Waals surface area contributed by atoms with E-state index in [1.807, 2.05) is 48.5 Å². The molecule has 0 radical (unpaired) electrons. The highest BCUT2D eigenvalue weighted by atomic mass is 16.5. The van der Waals surface area contributed by atoms with Crippen molar-refractivity contribution in [2.45, 2.75) is 6.54 Å². The second-order valence-electron chi connectivity index (χ2n) is 6.96. The molecule has 0 bridgehead atoms. The van der Waals surface area contributed by atoms with Gasteiger partial charge in [-0.05, 0) is 35.9 Å². The molecule has 2 amide bonds. The van der Waals surface area contributed by atoms with Gasteiger partial charge in [0, 0.05) is 17.5 Å². The number of ether oxygens (including phenoxy) is 1. The lowest BCUT2D eigenvalue weighted by Gasteiger charge is -2.07. The Morgan fingerprint density at radius 2 is 1.69 bits per heavy atom. The lowest BCUT2D eigenvalue weighted by atomic mass is 10.1. The van der Waals surface area contributed by atoms with Crippen LogP contribution in [0.2, 0.25) is 0 Å². The Labute approximate surface area is 184 Å². The first kappa shape index (κ1) is 20.9. The molecule has 7 heteroatoms. The van der Waals surface area contributed by atoms with Crippen LogP contribution in [0.4, 0.5) is 0 Å². The van der Waals surface area contributed by atoms with Crippen molar-refractivity contribution >= 4 is 22.8 Å². The van der Waals surface area contributed by atoms with Crippen LogP contribution in [-0.2, 0) is 6.54 Å². The third kappa shape index (κ3) is 4.84. The molecule has 1 heterocycles. The molecule has 160 valence electrons. The third-order valence-electron chi connectivity index (χ3n) is 4.79. The maximum atomic E-state index is 12.9. The van der Waals surface area contributed by atoms with Crippen LogP contribution in [0.3, 0.4) is 0 Å². The maximum Gasteiger partial charge on any atom is 0.271 e. The Bertz CT molecular complexity index is 1330. The Kier molecular flexibility index (Phi) is 6.27. The number of hydrogen-bond acceptors (Lipinski definition) is 5. The number of carbonyl (C=O) groups excluding carboxylic acids is 2. The van der Waals surface area contributed by atoms with Crippen molar-refractivity contribution in [2.75, 3.05) is 7.11 Å². The van der Waals surface area contributed by atoms with E-state index in [9.17, 15) is 9.59 Å². The van der Waals surface area contributed by atoms with Gasteiger partial charge in [0.05, 0.1) is 7.11 Å². The van der Waals surface area contributed by atoms with E-state index in [1.54, 1.807) is 36.4 Å². The molecule has 0 aliphatic carbocycles. The maximum absolute atomic E-state index is 12.9. The molecule has 4 rings (SSSR count). The first-order valence-corrected chi connectivity index (χ1v) is 9.97. The van der Waals surface area contributed by atoms with Crippen LogP contribution in [0.1, 0.15) is 26.3 Å². The van der Waals surface area contributed by atoms with Crippen molar-refractivity contribution in [2.24, 2.45) is 5.10 Å². The van der Waals surface area contributed by atoms with Crippen molar-refractivity contribution < 1.29 is 18.7 Å². The van der Waals surface area contributed by atoms with Crippen molar-refractivity contribution in [1.29, 1.82) is 0 Å². The van der Waals surface area contributed by atoms with Gasteiger partial charge < -0.3 is 14.5 Å². The summed E-state index contributed by atoms with van der Waals surface area (Å²) in [6, 6.07) is 25.2. The fourth-order valence-corrected chi connectivity index (χ4v) is 3.12. The number of benzene rings is 3. The van der Waals surface area contributed by atoms with Gasteiger partial charge in [0.25, 0.3) is 11.8 Å². The fourth-order valence-electron chi connectivity index (χ4n) is 3.12. The van der Waals surface area contributed by atoms with Gasteiger partial charge in [-0.2, -0.15) is 0 Å². The smallest absolute Gasteiger partial charge is 0.271 e. The number of rotatable bonds is 6. The SMILES string of the molecule is COc1cccc(C(=O)N/N=c2/oc3ccccc3cc2C(=O)NCc2ccccc2)c1. The molecule has 7 nitrogen and oxygen atoms in total. The molecule has 0 saturated carbocycles. The second-order valence-corrected chi connectivity index (χ2v) is 6.96. The molecule has 2 N–H and O–H groups in total. The first-order valence-electron chi connectivity index (χ1n) is 9.97. The van der Waals surface area contributed by atoms with E-state index in [4.69, 9.17) is 9.15 Å². The molecule has 0 fully saturated rings. The van der Waals surface area contributed by atoms with Crippen molar-refractivity contribution in [3.8, 4) is 5.75 Å². The lowest BCUT2D eigenvalue weighted by molar-refractivity contribution is 0.0932. The van der Waals surface area contributed by atoms with E-state index in [0.29, 0.717) is 23.4 Å². The highest BCUT2D eigenvalue weighted by Crippen LogP contribution is 2.14. The molecule has 1 aromatic heterocycles. The van der Waals surface area contributed by atoms with Gasteiger partial charge in [-0.25, -0.2) is 5.43 Å². The molecule has 32 heavy (non-hydrogen) atoms. The van der Waals surface area contributed by atoms with E-state index < -0.39 is 5.91 Å². The van der Waals surface area contributed by atoms with E-state index in [1.165, 1.54) is 7.11 Å². The molecular weight excluding hydrogens is 406 g/mol. The fraction of sp³-hybridized carbons (Fsp3) is 0.0800. The summed E-state index contributed by atoms with van der Waals surface area (Å²) in [5, 5.41) is 7.71. The molecule has 0 atom stereocenters. The van der Waals surface area contributed by atoms with Crippen molar-refractivity contribution in [1.82, 2.24) is 10.7 Å². The molecule has 4 aromatic rings. The minimum Gasteiger partial charge on any atom is -0.497 e. The van der Waals surface area contributed by atoms with E-state index in [-0.39, 0.29) is 17.0 Å². The van der Waals surface area contributed by atoms with Gasteiger partial charge in [0.15, 0.2) is 0 Å². The predicted octanol–water partition coefficient (Wildman–Crippen LogP) is 3.62. The minimum absolute atomic E-state index is 0.00510. The number of amides is 2. The quantitative estimate of drug-likeness (QED) is 0.460. The number of methoxy groups -OCH3 is 1. The van der Waals surface area contributed by atoms with Gasteiger partial charge in [-0.3, -0.25) is 9.59 Å².